The number of hydrogen-bond acceptors (Lipinski definition) is 3. The summed E-state index contributed by atoms with van der Waals surface area (Å²) < 4.78 is 43.0. The number of aromatic nitrogens is 1. The van der Waals surface area contributed by atoms with Crippen molar-refractivity contribution in [2.45, 2.75) is 12.8 Å². The Morgan fingerprint density at radius 2 is 2.25 bits per heavy atom. The largest absolute Gasteiger partial charge is 0.481 e. The lowest BCUT2D eigenvalue weighted by Crippen LogP contribution is -2.09. The van der Waals surface area contributed by atoms with Gasteiger partial charge >= 0.3 is 5.97 Å². The molecule has 0 atom stereocenters. The van der Waals surface area contributed by atoms with Crippen molar-refractivity contribution in [3.63, 3.8) is 0 Å². The average molecular weight is 235 g/mol. The van der Waals surface area contributed by atoms with E-state index < -0.39 is 41.6 Å². The van der Waals surface area contributed by atoms with Crippen LogP contribution in [-0.4, -0.2) is 23.2 Å². The number of rotatable bonds is 4. The van der Waals surface area contributed by atoms with Crippen molar-refractivity contribution in [2.75, 3.05) is 7.11 Å². The first kappa shape index (κ1) is 12.3. The highest BCUT2D eigenvalue weighted by Crippen LogP contribution is 2.32. The number of aliphatic carboxylic acids is 1. The van der Waals surface area contributed by atoms with Crippen LogP contribution in [0.3, 0.4) is 0 Å². The fraction of sp³-hybridized carbons (Fsp3) is 0.333. The number of pyridine rings is 1. The summed E-state index contributed by atoms with van der Waals surface area (Å²) in [6.45, 7) is 0. The van der Waals surface area contributed by atoms with Gasteiger partial charge in [-0.25, -0.2) is 18.2 Å². The van der Waals surface area contributed by atoms with Crippen molar-refractivity contribution < 1.29 is 27.8 Å². The lowest BCUT2D eigenvalue weighted by molar-refractivity contribution is -0.136. The van der Waals surface area contributed by atoms with E-state index in [-0.39, 0.29) is 0 Å². The SMILES string of the molecule is COc1ncc(F)c(CC(=O)O)c1C(F)F. The maximum atomic E-state index is 13.2. The molecule has 1 heterocycles. The van der Waals surface area contributed by atoms with E-state index in [0.29, 0.717) is 6.20 Å². The zero-order valence-electron chi connectivity index (χ0n) is 8.21. The van der Waals surface area contributed by atoms with Gasteiger partial charge in [0.2, 0.25) is 5.88 Å². The smallest absolute Gasteiger partial charge is 0.307 e. The van der Waals surface area contributed by atoms with Gasteiger partial charge in [0.15, 0.2) is 0 Å². The molecule has 0 saturated carbocycles. The second kappa shape index (κ2) is 4.82. The molecule has 1 aromatic rings. The van der Waals surface area contributed by atoms with Crippen LogP contribution in [0.1, 0.15) is 17.6 Å². The summed E-state index contributed by atoms with van der Waals surface area (Å²) in [5.74, 6) is -2.96. The minimum atomic E-state index is -3.05. The third-order valence-electron chi connectivity index (χ3n) is 1.88. The Morgan fingerprint density at radius 3 is 2.69 bits per heavy atom. The molecule has 1 N–H and O–H groups in total. The summed E-state index contributed by atoms with van der Waals surface area (Å²) in [7, 11) is 1.09. The Labute approximate surface area is 88.7 Å². The first-order chi connectivity index (χ1) is 7.47. The van der Waals surface area contributed by atoms with Gasteiger partial charge in [0.1, 0.15) is 5.82 Å². The molecule has 0 fully saturated rings. The molecule has 88 valence electrons. The Morgan fingerprint density at radius 1 is 1.62 bits per heavy atom. The number of hydrogen-bond donors (Lipinski definition) is 1. The molecule has 0 aromatic carbocycles. The van der Waals surface area contributed by atoms with Gasteiger partial charge in [-0.15, -0.1) is 0 Å². The normalized spacial score (nSPS) is 10.6. The Kier molecular flexibility index (Phi) is 3.70. The van der Waals surface area contributed by atoms with Gasteiger partial charge in [-0.1, -0.05) is 0 Å². The summed E-state index contributed by atoms with van der Waals surface area (Å²) >= 11 is 0. The van der Waals surface area contributed by atoms with Gasteiger partial charge in [0.25, 0.3) is 6.43 Å². The predicted molar refractivity (Wildman–Crippen MR) is 47.0 cm³/mol. The standard InChI is InChI=1S/C9H8F3NO3/c1-16-9-7(8(11)12)4(2-6(14)15)5(10)3-13-9/h3,8H,2H2,1H3,(H,14,15). The topological polar surface area (TPSA) is 59.4 Å². The lowest BCUT2D eigenvalue weighted by atomic mass is 10.1. The summed E-state index contributed by atoms with van der Waals surface area (Å²) in [5, 5.41) is 8.49. The van der Waals surface area contributed by atoms with Crippen LogP contribution >= 0.6 is 0 Å². The number of carboxylic acids is 1. The maximum absolute atomic E-state index is 13.2. The molecule has 0 aliphatic heterocycles. The van der Waals surface area contributed by atoms with E-state index in [0.717, 1.165) is 7.11 Å². The zero-order valence-corrected chi connectivity index (χ0v) is 8.21. The second-order valence-corrected chi connectivity index (χ2v) is 2.88. The number of halogens is 3. The molecule has 1 aromatic heterocycles. The molecular weight excluding hydrogens is 227 g/mol. The van der Waals surface area contributed by atoms with Crippen LogP contribution in [0.4, 0.5) is 13.2 Å². The van der Waals surface area contributed by atoms with Crippen LogP contribution in [0.2, 0.25) is 0 Å². The molecule has 0 radical (unpaired) electrons. The molecule has 0 amide bonds. The number of carboxylic acid groups (broad SMARTS) is 1. The van der Waals surface area contributed by atoms with Gasteiger partial charge in [-0.05, 0) is 0 Å². The van der Waals surface area contributed by atoms with Crippen LogP contribution in [0, 0.1) is 5.82 Å². The molecule has 0 aliphatic rings. The van der Waals surface area contributed by atoms with Gasteiger partial charge in [-0.2, -0.15) is 0 Å². The number of ether oxygens (including phenoxy) is 1. The number of alkyl halides is 2. The summed E-state index contributed by atoms with van der Waals surface area (Å²) in [5.41, 5.74) is -1.42. The molecule has 0 saturated heterocycles. The number of carbonyl (C=O) groups is 1. The van der Waals surface area contributed by atoms with Crippen molar-refractivity contribution in [3.05, 3.63) is 23.1 Å². The minimum Gasteiger partial charge on any atom is -0.481 e. The first-order valence-corrected chi connectivity index (χ1v) is 4.18. The third-order valence-corrected chi connectivity index (χ3v) is 1.88. The van der Waals surface area contributed by atoms with E-state index in [2.05, 4.69) is 9.72 Å². The van der Waals surface area contributed by atoms with Crippen LogP contribution in [0.25, 0.3) is 0 Å². The van der Waals surface area contributed by atoms with Crippen molar-refractivity contribution in [1.29, 1.82) is 0 Å². The zero-order chi connectivity index (χ0) is 12.3. The molecule has 4 nitrogen and oxygen atoms in total. The van der Waals surface area contributed by atoms with Crippen molar-refractivity contribution in [3.8, 4) is 5.88 Å². The minimum absolute atomic E-state index is 0.465. The number of nitrogens with zero attached hydrogens (tertiary/aromatic N) is 1. The van der Waals surface area contributed by atoms with Crippen LogP contribution in [-0.2, 0) is 11.2 Å². The Bertz CT molecular complexity index is 409. The second-order valence-electron chi connectivity index (χ2n) is 2.88. The quantitative estimate of drug-likeness (QED) is 0.864. The lowest BCUT2D eigenvalue weighted by Gasteiger charge is -2.11. The monoisotopic (exact) mass is 235 g/mol. The molecule has 0 unspecified atom stereocenters. The molecule has 7 heteroatoms. The van der Waals surface area contributed by atoms with Gasteiger partial charge in [0.05, 0.1) is 25.3 Å². The van der Waals surface area contributed by atoms with Crippen molar-refractivity contribution >= 4 is 5.97 Å². The van der Waals surface area contributed by atoms with E-state index in [4.69, 9.17) is 5.11 Å². The van der Waals surface area contributed by atoms with Gasteiger partial charge < -0.3 is 9.84 Å². The van der Waals surface area contributed by atoms with Crippen LogP contribution in [0.15, 0.2) is 6.20 Å². The molecule has 0 aliphatic carbocycles. The van der Waals surface area contributed by atoms with E-state index >= 15 is 0 Å². The van der Waals surface area contributed by atoms with Gasteiger partial charge in [-0.3, -0.25) is 4.79 Å². The Balaban J connectivity index is 3.35. The van der Waals surface area contributed by atoms with Gasteiger partial charge in [0, 0.05) is 5.56 Å². The summed E-state index contributed by atoms with van der Waals surface area (Å²) in [4.78, 5) is 13.7. The average Bonchev–Trinajstić information content (AvgIpc) is 2.19. The number of methoxy groups -OCH3 is 1. The molecule has 16 heavy (non-hydrogen) atoms. The van der Waals surface area contributed by atoms with E-state index in [9.17, 15) is 18.0 Å². The maximum Gasteiger partial charge on any atom is 0.307 e. The van der Waals surface area contributed by atoms with E-state index in [1.807, 2.05) is 0 Å². The Hall–Kier alpha value is -1.79. The van der Waals surface area contributed by atoms with Crippen LogP contribution < -0.4 is 4.74 Å². The van der Waals surface area contributed by atoms with Crippen molar-refractivity contribution in [1.82, 2.24) is 4.98 Å². The van der Waals surface area contributed by atoms with Crippen molar-refractivity contribution in [2.24, 2.45) is 0 Å². The highest BCUT2D eigenvalue weighted by atomic mass is 19.3. The summed E-state index contributed by atoms with van der Waals surface area (Å²) in [6.07, 6.45) is -3.24. The molecule has 0 bridgehead atoms. The molecular formula is C9H8F3NO3. The van der Waals surface area contributed by atoms with E-state index in [1.165, 1.54) is 0 Å². The third kappa shape index (κ3) is 2.41. The first-order valence-electron chi connectivity index (χ1n) is 4.18. The summed E-state index contributed by atoms with van der Waals surface area (Å²) in [6, 6.07) is 0. The highest BCUT2D eigenvalue weighted by molar-refractivity contribution is 5.71. The van der Waals surface area contributed by atoms with Crippen LogP contribution in [0.5, 0.6) is 5.88 Å². The molecule has 0 spiro atoms. The fourth-order valence-corrected chi connectivity index (χ4v) is 1.24. The van der Waals surface area contributed by atoms with E-state index in [1.54, 1.807) is 0 Å². The molecule has 1 rings (SSSR count). The predicted octanol–water partition coefficient (Wildman–Crippen LogP) is 1.79. The fourth-order valence-electron chi connectivity index (χ4n) is 1.24. The highest BCUT2D eigenvalue weighted by Gasteiger charge is 2.24.